The Morgan fingerprint density at radius 2 is 2.20 bits per heavy atom. The average molecular weight is 212 g/mol. The summed E-state index contributed by atoms with van der Waals surface area (Å²) >= 11 is 0. The SMILES string of the molecule is CC1OCCC1CNC(=O)N1CCCC1. The zero-order chi connectivity index (χ0) is 10.7. The van der Waals surface area contributed by atoms with Crippen LogP contribution < -0.4 is 5.32 Å². The van der Waals surface area contributed by atoms with E-state index in [1.165, 1.54) is 0 Å². The van der Waals surface area contributed by atoms with Gasteiger partial charge in [-0.15, -0.1) is 0 Å². The van der Waals surface area contributed by atoms with Crippen molar-refractivity contribution >= 4 is 6.03 Å². The highest BCUT2D eigenvalue weighted by atomic mass is 16.5. The molecule has 2 aliphatic heterocycles. The Hall–Kier alpha value is -0.770. The predicted octanol–water partition coefficient (Wildman–Crippen LogP) is 1.22. The number of hydrogen-bond acceptors (Lipinski definition) is 2. The van der Waals surface area contributed by atoms with Crippen molar-refractivity contribution in [2.24, 2.45) is 5.92 Å². The number of ether oxygens (including phenoxy) is 1. The molecule has 86 valence electrons. The first kappa shape index (κ1) is 10.7. The topological polar surface area (TPSA) is 41.6 Å². The molecule has 0 bridgehead atoms. The first-order valence-corrected chi connectivity index (χ1v) is 5.92. The Bertz CT molecular complexity index is 227. The van der Waals surface area contributed by atoms with Gasteiger partial charge in [-0.3, -0.25) is 0 Å². The van der Waals surface area contributed by atoms with Crippen molar-refractivity contribution in [3.63, 3.8) is 0 Å². The van der Waals surface area contributed by atoms with Gasteiger partial charge in [-0.1, -0.05) is 0 Å². The summed E-state index contributed by atoms with van der Waals surface area (Å²) < 4.78 is 5.46. The van der Waals surface area contributed by atoms with E-state index >= 15 is 0 Å². The predicted molar refractivity (Wildman–Crippen MR) is 57.7 cm³/mol. The van der Waals surface area contributed by atoms with Crippen molar-refractivity contribution < 1.29 is 9.53 Å². The van der Waals surface area contributed by atoms with Crippen molar-refractivity contribution in [3.05, 3.63) is 0 Å². The molecule has 0 aromatic heterocycles. The number of carbonyl (C=O) groups is 1. The van der Waals surface area contributed by atoms with Crippen LogP contribution in [0.1, 0.15) is 26.2 Å². The first-order chi connectivity index (χ1) is 7.27. The molecule has 0 aromatic carbocycles. The molecule has 2 amide bonds. The van der Waals surface area contributed by atoms with E-state index in [1.54, 1.807) is 0 Å². The monoisotopic (exact) mass is 212 g/mol. The lowest BCUT2D eigenvalue weighted by Crippen LogP contribution is -2.41. The third-order valence-electron chi connectivity index (χ3n) is 3.44. The van der Waals surface area contributed by atoms with Crippen LogP contribution in [0, 0.1) is 5.92 Å². The number of amides is 2. The normalized spacial score (nSPS) is 30.9. The maximum absolute atomic E-state index is 11.7. The number of carbonyl (C=O) groups excluding carboxylic acids is 1. The van der Waals surface area contributed by atoms with E-state index in [4.69, 9.17) is 4.74 Å². The fraction of sp³-hybridized carbons (Fsp3) is 0.909. The van der Waals surface area contributed by atoms with Crippen LogP contribution in [0.4, 0.5) is 4.79 Å². The molecule has 4 nitrogen and oxygen atoms in total. The van der Waals surface area contributed by atoms with Crippen LogP contribution >= 0.6 is 0 Å². The van der Waals surface area contributed by atoms with Crippen molar-refractivity contribution in [2.75, 3.05) is 26.2 Å². The first-order valence-electron chi connectivity index (χ1n) is 5.92. The third-order valence-corrected chi connectivity index (χ3v) is 3.44. The molecule has 0 radical (unpaired) electrons. The van der Waals surface area contributed by atoms with Crippen molar-refractivity contribution in [3.8, 4) is 0 Å². The highest BCUT2D eigenvalue weighted by Gasteiger charge is 2.25. The number of nitrogens with zero attached hydrogens (tertiary/aromatic N) is 1. The fourth-order valence-electron chi connectivity index (χ4n) is 2.29. The minimum absolute atomic E-state index is 0.103. The van der Waals surface area contributed by atoms with Gasteiger partial charge in [-0.25, -0.2) is 4.79 Å². The van der Waals surface area contributed by atoms with E-state index in [2.05, 4.69) is 12.2 Å². The van der Waals surface area contributed by atoms with Crippen LogP contribution in [0.2, 0.25) is 0 Å². The van der Waals surface area contributed by atoms with Crippen LogP contribution in [0.15, 0.2) is 0 Å². The zero-order valence-electron chi connectivity index (χ0n) is 9.37. The number of hydrogen-bond donors (Lipinski definition) is 1. The Morgan fingerprint density at radius 1 is 1.47 bits per heavy atom. The van der Waals surface area contributed by atoms with E-state index in [0.29, 0.717) is 12.0 Å². The number of likely N-dealkylation sites (tertiary alicyclic amines) is 1. The molecule has 0 saturated carbocycles. The molecule has 2 heterocycles. The number of urea groups is 1. The third kappa shape index (κ3) is 2.62. The second-order valence-electron chi connectivity index (χ2n) is 4.50. The van der Waals surface area contributed by atoms with E-state index in [9.17, 15) is 4.79 Å². The van der Waals surface area contributed by atoms with Crippen LogP contribution in [-0.2, 0) is 4.74 Å². The lowest BCUT2D eigenvalue weighted by Gasteiger charge is -2.19. The smallest absolute Gasteiger partial charge is 0.317 e. The van der Waals surface area contributed by atoms with Gasteiger partial charge in [0.05, 0.1) is 6.10 Å². The largest absolute Gasteiger partial charge is 0.378 e. The molecule has 2 rings (SSSR count). The summed E-state index contributed by atoms with van der Waals surface area (Å²) in [6.07, 6.45) is 3.66. The second kappa shape index (κ2) is 4.84. The maximum atomic E-state index is 11.7. The summed E-state index contributed by atoms with van der Waals surface area (Å²) in [6, 6.07) is 0.103. The molecule has 0 aliphatic carbocycles. The zero-order valence-corrected chi connectivity index (χ0v) is 9.37. The van der Waals surface area contributed by atoms with Crippen LogP contribution in [0.25, 0.3) is 0 Å². The number of rotatable bonds is 2. The lowest BCUT2D eigenvalue weighted by molar-refractivity contribution is 0.105. The lowest BCUT2D eigenvalue weighted by atomic mass is 10.0. The van der Waals surface area contributed by atoms with Gasteiger partial charge in [0.1, 0.15) is 0 Å². The average Bonchev–Trinajstić information content (AvgIpc) is 2.85. The minimum atomic E-state index is 0.103. The minimum Gasteiger partial charge on any atom is -0.378 e. The van der Waals surface area contributed by atoms with Gasteiger partial charge in [-0.05, 0) is 26.2 Å². The van der Waals surface area contributed by atoms with E-state index in [-0.39, 0.29) is 6.03 Å². The standard InChI is InChI=1S/C11H20N2O2/c1-9-10(4-7-15-9)8-12-11(14)13-5-2-3-6-13/h9-10H,2-8H2,1H3,(H,12,14). The molecule has 2 aliphatic rings. The van der Waals surface area contributed by atoms with Gasteiger partial charge in [0.25, 0.3) is 0 Å². The Balaban J connectivity index is 1.70. The summed E-state index contributed by atoms with van der Waals surface area (Å²) in [7, 11) is 0. The Labute approximate surface area is 91.0 Å². The molecular formula is C11H20N2O2. The van der Waals surface area contributed by atoms with Crippen LogP contribution in [0.3, 0.4) is 0 Å². The number of nitrogens with one attached hydrogen (secondary N) is 1. The summed E-state index contributed by atoms with van der Waals surface area (Å²) in [5.74, 6) is 0.497. The van der Waals surface area contributed by atoms with Gasteiger partial charge in [-0.2, -0.15) is 0 Å². The van der Waals surface area contributed by atoms with Crippen molar-refractivity contribution in [1.29, 1.82) is 0 Å². The Kier molecular flexibility index (Phi) is 3.46. The summed E-state index contributed by atoms with van der Waals surface area (Å²) in [4.78, 5) is 13.6. The second-order valence-corrected chi connectivity index (χ2v) is 4.50. The molecule has 1 N–H and O–H groups in total. The van der Waals surface area contributed by atoms with Crippen LogP contribution in [-0.4, -0.2) is 43.3 Å². The van der Waals surface area contributed by atoms with Gasteiger partial charge in [0.2, 0.25) is 0 Å². The quantitative estimate of drug-likeness (QED) is 0.747. The summed E-state index contributed by atoms with van der Waals surface area (Å²) in [5, 5.41) is 3.00. The van der Waals surface area contributed by atoms with Crippen molar-refractivity contribution in [1.82, 2.24) is 10.2 Å². The molecular weight excluding hydrogens is 192 g/mol. The fourth-order valence-corrected chi connectivity index (χ4v) is 2.29. The molecule has 2 saturated heterocycles. The molecule has 15 heavy (non-hydrogen) atoms. The highest BCUT2D eigenvalue weighted by molar-refractivity contribution is 5.74. The molecule has 4 heteroatoms. The Morgan fingerprint density at radius 3 is 2.80 bits per heavy atom. The summed E-state index contributed by atoms with van der Waals surface area (Å²) in [6.45, 7) is 5.52. The van der Waals surface area contributed by atoms with E-state index in [1.807, 2.05) is 4.90 Å². The molecule has 2 unspecified atom stereocenters. The molecule has 0 spiro atoms. The van der Waals surface area contributed by atoms with Gasteiger partial charge >= 0.3 is 6.03 Å². The van der Waals surface area contributed by atoms with Crippen molar-refractivity contribution in [2.45, 2.75) is 32.3 Å². The van der Waals surface area contributed by atoms with Gasteiger partial charge < -0.3 is 15.0 Å². The highest BCUT2D eigenvalue weighted by Crippen LogP contribution is 2.19. The van der Waals surface area contributed by atoms with E-state index < -0.39 is 0 Å². The van der Waals surface area contributed by atoms with Crippen LogP contribution in [0.5, 0.6) is 0 Å². The van der Waals surface area contributed by atoms with Gasteiger partial charge in [0, 0.05) is 32.2 Å². The molecule has 2 atom stereocenters. The van der Waals surface area contributed by atoms with E-state index in [0.717, 1.165) is 45.5 Å². The van der Waals surface area contributed by atoms with Gasteiger partial charge in [0.15, 0.2) is 0 Å². The maximum Gasteiger partial charge on any atom is 0.317 e. The summed E-state index contributed by atoms with van der Waals surface area (Å²) in [5.41, 5.74) is 0. The molecule has 2 fully saturated rings. The molecule has 0 aromatic rings.